The Bertz CT molecular complexity index is 639. The maximum absolute atomic E-state index is 12.5. The summed E-state index contributed by atoms with van der Waals surface area (Å²) in [5.41, 5.74) is 5.36. The molecule has 3 amide bonds. The van der Waals surface area contributed by atoms with E-state index < -0.39 is 78.9 Å². The summed E-state index contributed by atoms with van der Waals surface area (Å²) in [6, 6.07) is -5.55. The fourth-order valence-corrected chi connectivity index (χ4v) is 2.31. The van der Waals surface area contributed by atoms with Crippen LogP contribution < -0.4 is 21.7 Å². The first-order chi connectivity index (χ1) is 13.8. The number of rotatable bonds is 13. The van der Waals surface area contributed by atoms with Crippen LogP contribution in [0, 0.1) is 5.92 Å². The summed E-state index contributed by atoms with van der Waals surface area (Å²) < 4.78 is 0. The number of carbonyl (C=O) groups is 5. The van der Waals surface area contributed by atoms with Crippen LogP contribution in [0.3, 0.4) is 0 Å². The van der Waals surface area contributed by atoms with Crippen molar-refractivity contribution < 1.29 is 44.4 Å². The zero-order valence-corrected chi connectivity index (χ0v) is 17.0. The molecule has 13 nitrogen and oxygen atoms in total. The molecule has 0 aromatic carbocycles. The fraction of sp³-hybridized carbons (Fsp3) is 0.706. The van der Waals surface area contributed by atoms with Crippen LogP contribution in [0.2, 0.25) is 0 Å². The van der Waals surface area contributed by atoms with Crippen LogP contribution in [0.5, 0.6) is 0 Å². The van der Waals surface area contributed by atoms with Crippen LogP contribution in [0.25, 0.3) is 0 Å². The summed E-state index contributed by atoms with van der Waals surface area (Å²) in [5.74, 6) is -5.91. The van der Waals surface area contributed by atoms with E-state index in [4.69, 9.17) is 21.1 Å². The largest absolute Gasteiger partial charge is 0.481 e. The van der Waals surface area contributed by atoms with Gasteiger partial charge in [0.1, 0.15) is 24.2 Å². The van der Waals surface area contributed by atoms with E-state index in [0.717, 1.165) is 0 Å². The molecule has 172 valence electrons. The maximum atomic E-state index is 12.5. The van der Waals surface area contributed by atoms with Crippen LogP contribution >= 0.6 is 0 Å². The molecule has 0 saturated carbocycles. The lowest BCUT2D eigenvalue weighted by Gasteiger charge is -2.28. The summed E-state index contributed by atoms with van der Waals surface area (Å²) in [7, 11) is 0. The predicted octanol–water partition coefficient (Wildman–Crippen LogP) is -3.25. The Labute approximate surface area is 173 Å². The molecule has 30 heavy (non-hydrogen) atoms. The summed E-state index contributed by atoms with van der Waals surface area (Å²) in [6.45, 7) is 3.65. The minimum Gasteiger partial charge on any atom is -0.481 e. The lowest BCUT2D eigenvalue weighted by atomic mass is 10.0. The van der Waals surface area contributed by atoms with Gasteiger partial charge in [0, 0.05) is 6.42 Å². The molecule has 5 atom stereocenters. The minimum atomic E-state index is -1.49. The first-order valence-electron chi connectivity index (χ1n) is 9.22. The van der Waals surface area contributed by atoms with Crippen molar-refractivity contribution in [3.8, 4) is 0 Å². The molecule has 0 heterocycles. The molecule has 0 aromatic rings. The van der Waals surface area contributed by atoms with Gasteiger partial charge in [-0.25, -0.2) is 4.79 Å². The summed E-state index contributed by atoms with van der Waals surface area (Å²) in [4.78, 5) is 58.8. The van der Waals surface area contributed by atoms with Gasteiger partial charge in [-0.05, 0) is 19.3 Å². The molecule has 0 aliphatic heterocycles. The zero-order valence-electron chi connectivity index (χ0n) is 17.0. The average molecular weight is 434 g/mol. The third-order valence-electron chi connectivity index (χ3n) is 4.10. The molecule has 0 aliphatic rings. The van der Waals surface area contributed by atoms with Crippen molar-refractivity contribution in [1.82, 2.24) is 16.0 Å². The van der Waals surface area contributed by atoms with E-state index in [0.29, 0.717) is 0 Å². The highest BCUT2D eigenvalue weighted by Gasteiger charge is 2.33. The summed E-state index contributed by atoms with van der Waals surface area (Å²) in [6.07, 6.45) is -2.23. The summed E-state index contributed by atoms with van der Waals surface area (Å²) >= 11 is 0. The number of nitrogens with one attached hydrogen (secondary N) is 3. The number of aliphatic hydroxyl groups is 2. The van der Waals surface area contributed by atoms with Gasteiger partial charge in [0.15, 0.2) is 0 Å². The van der Waals surface area contributed by atoms with Gasteiger partial charge in [-0.15, -0.1) is 0 Å². The fourth-order valence-electron chi connectivity index (χ4n) is 2.31. The first-order valence-corrected chi connectivity index (χ1v) is 9.22. The highest BCUT2D eigenvalue weighted by atomic mass is 16.4. The lowest BCUT2D eigenvalue weighted by Crippen LogP contribution is -2.61. The van der Waals surface area contributed by atoms with Crippen molar-refractivity contribution in [1.29, 1.82) is 0 Å². The van der Waals surface area contributed by atoms with Gasteiger partial charge in [0.25, 0.3) is 0 Å². The number of carboxylic acid groups (broad SMARTS) is 2. The number of nitrogens with two attached hydrogens (primary N) is 1. The predicted molar refractivity (Wildman–Crippen MR) is 102 cm³/mol. The monoisotopic (exact) mass is 434 g/mol. The zero-order chi connectivity index (χ0) is 23.6. The Hall–Kier alpha value is -2.77. The number of amides is 3. The van der Waals surface area contributed by atoms with Crippen LogP contribution in [0.4, 0.5) is 0 Å². The lowest BCUT2D eigenvalue weighted by molar-refractivity contribution is -0.143. The molecular formula is C17H30N4O9. The van der Waals surface area contributed by atoms with E-state index in [9.17, 15) is 29.1 Å². The van der Waals surface area contributed by atoms with E-state index in [1.165, 1.54) is 6.92 Å². The maximum Gasteiger partial charge on any atom is 0.326 e. The average Bonchev–Trinajstić information content (AvgIpc) is 2.64. The first kappa shape index (κ1) is 27.2. The number of hydrogen-bond acceptors (Lipinski definition) is 8. The number of carbonyl (C=O) groups excluding carboxylic acids is 3. The molecule has 0 aromatic heterocycles. The second kappa shape index (κ2) is 12.7. The number of aliphatic carboxylic acids is 2. The molecule has 0 saturated heterocycles. The number of aliphatic hydroxyl groups excluding tert-OH is 2. The van der Waals surface area contributed by atoms with E-state index in [1.807, 2.05) is 0 Å². The van der Waals surface area contributed by atoms with Gasteiger partial charge in [-0.2, -0.15) is 0 Å². The topological polar surface area (TPSA) is 228 Å². The summed E-state index contributed by atoms with van der Waals surface area (Å²) in [5, 5.41) is 43.2. The number of hydrogen-bond donors (Lipinski definition) is 8. The highest BCUT2D eigenvalue weighted by Crippen LogP contribution is 2.06. The third kappa shape index (κ3) is 9.15. The standard InChI is InChI=1S/C17H30N4O9/c1-7(2)12(15(27)19-10(17(29)30)4-5-11(24)25)20-16(28)13(8(3)23)21-14(26)9(18)6-22/h7-10,12-13,22-23H,4-6,18H2,1-3H3,(H,19,27)(H,20,28)(H,21,26)(H,24,25)(H,29,30). The molecule has 0 fully saturated rings. The Morgan fingerprint density at radius 3 is 1.77 bits per heavy atom. The Kier molecular flexibility index (Phi) is 11.5. The van der Waals surface area contributed by atoms with Crippen molar-refractivity contribution in [3.05, 3.63) is 0 Å². The SMILES string of the molecule is CC(C)C(NC(=O)C(NC(=O)C(N)CO)C(C)O)C(=O)NC(CCC(=O)O)C(=O)O. The van der Waals surface area contributed by atoms with Gasteiger partial charge in [0.05, 0.1) is 12.7 Å². The van der Waals surface area contributed by atoms with Gasteiger partial charge in [-0.3, -0.25) is 19.2 Å². The molecule has 9 N–H and O–H groups in total. The Morgan fingerprint density at radius 2 is 1.37 bits per heavy atom. The quantitative estimate of drug-likeness (QED) is 0.144. The van der Waals surface area contributed by atoms with Crippen molar-refractivity contribution in [2.75, 3.05) is 6.61 Å². The molecule has 0 radical (unpaired) electrons. The van der Waals surface area contributed by atoms with Crippen LogP contribution in [-0.2, 0) is 24.0 Å². The third-order valence-corrected chi connectivity index (χ3v) is 4.10. The van der Waals surface area contributed by atoms with Crippen LogP contribution in [0.1, 0.15) is 33.6 Å². The van der Waals surface area contributed by atoms with Crippen molar-refractivity contribution in [3.63, 3.8) is 0 Å². The van der Waals surface area contributed by atoms with E-state index in [1.54, 1.807) is 13.8 Å². The molecule has 5 unspecified atom stereocenters. The van der Waals surface area contributed by atoms with Gasteiger partial charge < -0.3 is 42.1 Å². The normalized spacial score (nSPS) is 16.0. The second-order valence-electron chi connectivity index (χ2n) is 7.08. The Balaban J connectivity index is 5.32. The van der Waals surface area contributed by atoms with Crippen molar-refractivity contribution in [2.45, 2.75) is 63.9 Å². The number of carboxylic acids is 2. The van der Waals surface area contributed by atoms with Crippen LogP contribution in [-0.4, -0.2) is 87.0 Å². The van der Waals surface area contributed by atoms with Gasteiger partial charge >= 0.3 is 11.9 Å². The van der Waals surface area contributed by atoms with E-state index in [2.05, 4.69) is 16.0 Å². The molecule has 0 spiro atoms. The molecule has 0 aliphatic carbocycles. The molecule has 0 bridgehead atoms. The molecular weight excluding hydrogens is 404 g/mol. The highest BCUT2D eigenvalue weighted by molar-refractivity contribution is 5.94. The Morgan fingerprint density at radius 1 is 0.867 bits per heavy atom. The van der Waals surface area contributed by atoms with Crippen molar-refractivity contribution >= 4 is 29.7 Å². The van der Waals surface area contributed by atoms with E-state index >= 15 is 0 Å². The molecule has 0 rings (SSSR count). The van der Waals surface area contributed by atoms with E-state index in [-0.39, 0.29) is 6.42 Å². The van der Waals surface area contributed by atoms with Crippen molar-refractivity contribution in [2.24, 2.45) is 11.7 Å². The smallest absolute Gasteiger partial charge is 0.326 e. The van der Waals surface area contributed by atoms with Crippen LogP contribution in [0.15, 0.2) is 0 Å². The van der Waals surface area contributed by atoms with Gasteiger partial charge in [0.2, 0.25) is 17.7 Å². The molecule has 13 heteroatoms. The minimum absolute atomic E-state index is 0.361. The van der Waals surface area contributed by atoms with Gasteiger partial charge in [-0.1, -0.05) is 13.8 Å². The second-order valence-corrected chi connectivity index (χ2v) is 7.08.